The van der Waals surface area contributed by atoms with Gasteiger partial charge in [0.15, 0.2) is 0 Å². The molecule has 0 saturated carbocycles. The summed E-state index contributed by atoms with van der Waals surface area (Å²) in [5.41, 5.74) is 3.90. The molecule has 0 aliphatic heterocycles. The lowest BCUT2D eigenvalue weighted by Crippen LogP contribution is -2.29. The Bertz CT molecular complexity index is 834. The Balaban J connectivity index is 1.88. The van der Waals surface area contributed by atoms with Crippen molar-refractivity contribution < 1.29 is 4.79 Å². The molecule has 4 nitrogen and oxygen atoms in total. The number of hydrogen-bond acceptors (Lipinski definition) is 3. The highest BCUT2D eigenvalue weighted by Gasteiger charge is 2.21. The van der Waals surface area contributed by atoms with Crippen molar-refractivity contribution in [1.82, 2.24) is 15.1 Å². The topological polar surface area (TPSA) is 46.9 Å². The Morgan fingerprint density at radius 1 is 1.28 bits per heavy atom. The number of aromatic nitrogens is 2. The van der Waals surface area contributed by atoms with Crippen LogP contribution < -0.4 is 5.32 Å². The van der Waals surface area contributed by atoms with Gasteiger partial charge in [-0.3, -0.25) is 9.48 Å². The molecule has 130 valence electrons. The second kappa shape index (κ2) is 7.66. The van der Waals surface area contributed by atoms with Gasteiger partial charge in [0.1, 0.15) is 0 Å². The van der Waals surface area contributed by atoms with Gasteiger partial charge in [-0.15, -0.1) is 11.3 Å². The average Bonchev–Trinajstić information content (AvgIpc) is 3.25. The number of benzene rings is 1. The summed E-state index contributed by atoms with van der Waals surface area (Å²) in [4.78, 5) is 13.9. The highest BCUT2D eigenvalue weighted by atomic mass is 32.1. The van der Waals surface area contributed by atoms with E-state index in [-0.39, 0.29) is 11.9 Å². The van der Waals surface area contributed by atoms with E-state index in [1.54, 1.807) is 22.2 Å². The van der Waals surface area contributed by atoms with E-state index in [9.17, 15) is 4.79 Å². The van der Waals surface area contributed by atoms with E-state index in [1.807, 2.05) is 25.4 Å². The van der Waals surface area contributed by atoms with Crippen LogP contribution in [0.1, 0.15) is 51.4 Å². The van der Waals surface area contributed by atoms with Gasteiger partial charge < -0.3 is 5.32 Å². The van der Waals surface area contributed by atoms with Gasteiger partial charge in [0, 0.05) is 17.6 Å². The number of amides is 1. The molecule has 3 aromatic rings. The molecule has 2 heterocycles. The fraction of sp³-hybridized carbons (Fsp3) is 0.300. The van der Waals surface area contributed by atoms with Gasteiger partial charge in [-0.05, 0) is 35.9 Å². The molecule has 1 N–H and O–H groups in total. The summed E-state index contributed by atoms with van der Waals surface area (Å²) >= 11 is 1.65. The molecule has 0 saturated heterocycles. The SMILES string of the molecule is CCCc1ccc(C(NC(=O)c2cnn(C)c2C)c2cccs2)cc1. The summed E-state index contributed by atoms with van der Waals surface area (Å²) < 4.78 is 1.72. The van der Waals surface area contributed by atoms with Crippen molar-refractivity contribution in [3.8, 4) is 0 Å². The van der Waals surface area contributed by atoms with E-state index >= 15 is 0 Å². The Hall–Kier alpha value is -2.40. The van der Waals surface area contributed by atoms with Gasteiger partial charge in [-0.2, -0.15) is 5.10 Å². The van der Waals surface area contributed by atoms with Gasteiger partial charge >= 0.3 is 0 Å². The standard InChI is InChI=1S/C20H23N3OS/c1-4-6-15-8-10-16(11-9-15)19(18-7-5-12-25-18)22-20(24)17-13-21-23(3)14(17)2/h5,7-13,19H,4,6H2,1-3H3,(H,22,24). The van der Waals surface area contributed by atoms with Crippen molar-refractivity contribution in [3.63, 3.8) is 0 Å². The van der Waals surface area contributed by atoms with E-state index < -0.39 is 0 Å². The Labute approximate surface area is 152 Å². The quantitative estimate of drug-likeness (QED) is 0.720. The number of aryl methyl sites for hydroxylation is 2. The lowest BCUT2D eigenvalue weighted by Gasteiger charge is -2.18. The van der Waals surface area contributed by atoms with E-state index in [1.165, 1.54) is 5.56 Å². The third kappa shape index (κ3) is 3.82. The average molecular weight is 353 g/mol. The van der Waals surface area contributed by atoms with Gasteiger partial charge in [-0.25, -0.2) is 0 Å². The van der Waals surface area contributed by atoms with Crippen LogP contribution in [0.3, 0.4) is 0 Å². The van der Waals surface area contributed by atoms with Crippen molar-refractivity contribution >= 4 is 17.2 Å². The molecule has 0 fully saturated rings. The summed E-state index contributed by atoms with van der Waals surface area (Å²) in [6.07, 6.45) is 3.83. The van der Waals surface area contributed by atoms with Crippen LogP contribution in [0.4, 0.5) is 0 Å². The van der Waals surface area contributed by atoms with Gasteiger partial charge in [0.25, 0.3) is 5.91 Å². The minimum absolute atomic E-state index is 0.0957. The number of carbonyl (C=O) groups excluding carboxylic acids is 1. The van der Waals surface area contributed by atoms with E-state index in [0.29, 0.717) is 5.56 Å². The number of nitrogens with one attached hydrogen (secondary N) is 1. The van der Waals surface area contributed by atoms with Crippen molar-refractivity contribution in [2.24, 2.45) is 7.05 Å². The van der Waals surface area contributed by atoms with Crippen LogP contribution in [0.15, 0.2) is 48.0 Å². The fourth-order valence-corrected chi connectivity index (χ4v) is 3.67. The third-order valence-electron chi connectivity index (χ3n) is 4.43. The van der Waals surface area contributed by atoms with Crippen LogP contribution in [-0.4, -0.2) is 15.7 Å². The number of thiophene rings is 1. The van der Waals surface area contributed by atoms with Crippen LogP contribution in [0.5, 0.6) is 0 Å². The Morgan fingerprint density at radius 3 is 2.60 bits per heavy atom. The van der Waals surface area contributed by atoms with E-state index in [2.05, 4.69) is 47.7 Å². The summed E-state index contributed by atoms with van der Waals surface area (Å²) in [5.74, 6) is -0.0957. The molecule has 0 radical (unpaired) electrons. The van der Waals surface area contributed by atoms with Crippen LogP contribution in [-0.2, 0) is 13.5 Å². The van der Waals surface area contributed by atoms with Gasteiger partial charge in [0.05, 0.1) is 17.8 Å². The Morgan fingerprint density at radius 2 is 2.04 bits per heavy atom. The van der Waals surface area contributed by atoms with Crippen LogP contribution in [0.2, 0.25) is 0 Å². The molecule has 5 heteroatoms. The largest absolute Gasteiger partial charge is 0.340 e. The van der Waals surface area contributed by atoms with Crippen LogP contribution in [0, 0.1) is 6.92 Å². The first-order chi connectivity index (χ1) is 12.1. The highest BCUT2D eigenvalue weighted by Crippen LogP contribution is 2.27. The van der Waals surface area contributed by atoms with Gasteiger partial charge in [-0.1, -0.05) is 43.7 Å². The van der Waals surface area contributed by atoms with E-state index in [4.69, 9.17) is 0 Å². The highest BCUT2D eigenvalue weighted by molar-refractivity contribution is 7.10. The minimum atomic E-state index is -0.150. The molecule has 1 amide bonds. The monoisotopic (exact) mass is 353 g/mol. The van der Waals surface area contributed by atoms with E-state index in [0.717, 1.165) is 29.0 Å². The second-order valence-electron chi connectivity index (χ2n) is 6.18. The van der Waals surface area contributed by atoms with Crippen molar-refractivity contribution in [2.75, 3.05) is 0 Å². The molecule has 1 aromatic carbocycles. The number of rotatable bonds is 6. The predicted molar refractivity (Wildman–Crippen MR) is 102 cm³/mol. The summed E-state index contributed by atoms with van der Waals surface area (Å²) in [6, 6.07) is 12.5. The summed E-state index contributed by atoms with van der Waals surface area (Å²) in [7, 11) is 1.84. The lowest BCUT2D eigenvalue weighted by atomic mass is 10.0. The molecule has 3 rings (SSSR count). The van der Waals surface area contributed by atoms with Crippen molar-refractivity contribution in [3.05, 3.63) is 75.2 Å². The van der Waals surface area contributed by atoms with Crippen molar-refractivity contribution in [2.45, 2.75) is 32.7 Å². The third-order valence-corrected chi connectivity index (χ3v) is 5.37. The lowest BCUT2D eigenvalue weighted by molar-refractivity contribution is 0.0943. The molecule has 1 unspecified atom stereocenters. The van der Waals surface area contributed by atoms with Crippen LogP contribution >= 0.6 is 11.3 Å². The molecule has 0 aliphatic carbocycles. The zero-order chi connectivity index (χ0) is 17.8. The fourth-order valence-electron chi connectivity index (χ4n) is 2.87. The maximum Gasteiger partial charge on any atom is 0.255 e. The number of nitrogens with zero attached hydrogens (tertiary/aromatic N) is 2. The molecule has 25 heavy (non-hydrogen) atoms. The molecular formula is C20H23N3OS. The summed E-state index contributed by atoms with van der Waals surface area (Å²) in [6.45, 7) is 4.08. The number of hydrogen-bond donors (Lipinski definition) is 1. The molecular weight excluding hydrogens is 330 g/mol. The predicted octanol–water partition coefficient (Wildman–Crippen LogP) is 4.26. The maximum atomic E-state index is 12.8. The zero-order valence-corrected chi connectivity index (χ0v) is 15.6. The maximum absolute atomic E-state index is 12.8. The van der Waals surface area contributed by atoms with Gasteiger partial charge in [0.2, 0.25) is 0 Å². The smallest absolute Gasteiger partial charge is 0.255 e. The molecule has 1 atom stereocenters. The zero-order valence-electron chi connectivity index (χ0n) is 14.8. The molecule has 0 aliphatic rings. The summed E-state index contributed by atoms with van der Waals surface area (Å²) in [5, 5.41) is 9.38. The first kappa shape index (κ1) is 17.4. The second-order valence-corrected chi connectivity index (χ2v) is 7.16. The van der Waals surface area contributed by atoms with Crippen LogP contribution in [0.25, 0.3) is 0 Å². The first-order valence-corrected chi connectivity index (χ1v) is 9.39. The molecule has 0 bridgehead atoms. The molecule has 0 spiro atoms. The normalized spacial score (nSPS) is 12.1. The molecule has 2 aromatic heterocycles. The number of carbonyl (C=O) groups is 1. The Kier molecular flexibility index (Phi) is 5.34. The van der Waals surface area contributed by atoms with Crippen molar-refractivity contribution in [1.29, 1.82) is 0 Å². The minimum Gasteiger partial charge on any atom is -0.340 e. The first-order valence-electron chi connectivity index (χ1n) is 8.52.